The van der Waals surface area contributed by atoms with Gasteiger partial charge in [0.25, 0.3) is 5.91 Å². The fourth-order valence-electron chi connectivity index (χ4n) is 3.07. The number of amides is 2. The highest BCUT2D eigenvalue weighted by molar-refractivity contribution is 7.10. The van der Waals surface area contributed by atoms with E-state index in [-0.39, 0.29) is 17.9 Å². The Morgan fingerprint density at radius 3 is 2.58 bits per heavy atom. The zero-order chi connectivity index (χ0) is 16.8. The van der Waals surface area contributed by atoms with Crippen molar-refractivity contribution in [2.75, 3.05) is 5.32 Å². The van der Waals surface area contributed by atoms with E-state index < -0.39 is 0 Å². The molecular formula is C19H22N2O2S. The van der Waals surface area contributed by atoms with Crippen molar-refractivity contribution in [2.45, 2.75) is 44.6 Å². The highest BCUT2D eigenvalue weighted by atomic mass is 32.1. The van der Waals surface area contributed by atoms with Crippen molar-refractivity contribution < 1.29 is 9.59 Å². The van der Waals surface area contributed by atoms with Gasteiger partial charge in [0.1, 0.15) is 0 Å². The van der Waals surface area contributed by atoms with Gasteiger partial charge in [-0.1, -0.05) is 37.5 Å². The molecule has 1 aliphatic rings. The molecule has 0 spiro atoms. The molecule has 3 rings (SSSR count). The minimum atomic E-state index is -0.103. The number of thiophene rings is 1. The fourth-order valence-corrected chi connectivity index (χ4v) is 3.77. The number of anilines is 1. The van der Waals surface area contributed by atoms with Crippen molar-refractivity contribution in [3.8, 4) is 0 Å². The van der Waals surface area contributed by atoms with Crippen LogP contribution in [0.25, 0.3) is 0 Å². The SMILES string of the molecule is O=C(Cc1cccs1)Nc1ccccc1C(=O)NC1CCCCC1. The van der Waals surface area contributed by atoms with Crippen LogP contribution in [0.15, 0.2) is 41.8 Å². The van der Waals surface area contributed by atoms with Crippen LogP contribution in [0.5, 0.6) is 0 Å². The molecule has 1 heterocycles. The van der Waals surface area contributed by atoms with Crippen molar-refractivity contribution in [3.63, 3.8) is 0 Å². The van der Waals surface area contributed by atoms with Gasteiger partial charge >= 0.3 is 0 Å². The normalized spacial score (nSPS) is 15.0. The molecule has 1 aromatic heterocycles. The van der Waals surface area contributed by atoms with E-state index in [1.54, 1.807) is 23.5 Å². The first-order valence-corrected chi connectivity index (χ1v) is 9.32. The van der Waals surface area contributed by atoms with E-state index >= 15 is 0 Å². The zero-order valence-electron chi connectivity index (χ0n) is 13.6. The summed E-state index contributed by atoms with van der Waals surface area (Å²) in [6.07, 6.45) is 6.00. The first kappa shape index (κ1) is 16.7. The molecular weight excluding hydrogens is 320 g/mol. The van der Waals surface area contributed by atoms with Gasteiger partial charge < -0.3 is 10.6 Å². The second-order valence-corrected chi connectivity index (χ2v) is 7.19. The number of nitrogens with one attached hydrogen (secondary N) is 2. The van der Waals surface area contributed by atoms with E-state index in [4.69, 9.17) is 0 Å². The molecule has 2 N–H and O–H groups in total. The molecule has 0 saturated heterocycles. The van der Waals surface area contributed by atoms with E-state index in [0.29, 0.717) is 17.7 Å². The standard InChI is InChI=1S/C19H22N2O2S/c22-18(13-15-9-6-12-24-15)21-17-11-5-4-10-16(17)19(23)20-14-7-2-1-3-8-14/h4-6,9-12,14H,1-3,7-8,13H2,(H,20,23)(H,21,22). The minimum Gasteiger partial charge on any atom is -0.349 e. The molecule has 1 aliphatic carbocycles. The van der Waals surface area contributed by atoms with Gasteiger partial charge in [0.2, 0.25) is 5.91 Å². The summed E-state index contributed by atoms with van der Waals surface area (Å²) in [4.78, 5) is 25.8. The predicted octanol–water partition coefficient (Wildman–Crippen LogP) is 3.99. The molecule has 2 amide bonds. The Morgan fingerprint density at radius 1 is 1.04 bits per heavy atom. The van der Waals surface area contributed by atoms with Gasteiger partial charge in [-0.25, -0.2) is 0 Å². The Labute approximate surface area is 146 Å². The van der Waals surface area contributed by atoms with Crippen molar-refractivity contribution in [3.05, 3.63) is 52.2 Å². The first-order chi connectivity index (χ1) is 11.7. The van der Waals surface area contributed by atoms with E-state index in [1.165, 1.54) is 19.3 Å². The van der Waals surface area contributed by atoms with Gasteiger partial charge in [-0.2, -0.15) is 0 Å². The molecule has 1 saturated carbocycles. The van der Waals surface area contributed by atoms with Gasteiger partial charge in [-0.15, -0.1) is 11.3 Å². The molecule has 0 unspecified atom stereocenters. The molecule has 5 heteroatoms. The van der Waals surface area contributed by atoms with E-state index in [0.717, 1.165) is 17.7 Å². The molecule has 0 radical (unpaired) electrons. The summed E-state index contributed by atoms with van der Waals surface area (Å²) in [5.41, 5.74) is 1.11. The third kappa shape index (κ3) is 4.45. The maximum atomic E-state index is 12.6. The molecule has 126 valence electrons. The number of rotatable bonds is 5. The predicted molar refractivity (Wildman–Crippen MR) is 97.4 cm³/mol. The van der Waals surface area contributed by atoms with Crippen molar-refractivity contribution >= 4 is 28.8 Å². The number of hydrogen-bond acceptors (Lipinski definition) is 3. The monoisotopic (exact) mass is 342 g/mol. The Morgan fingerprint density at radius 2 is 1.83 bits per heavy atom. The van der Waals surface area contributed by atoms with E-state index in [2.05, 4.69) is 10.6 Å². The smallest absolute Gasteiger partial charge is 0.253 e. The second kappa shape index (κ2) is 8.11. The van der Waals surface area contributed by atoms with E-state index in [1.807, 2.05) is 29.6 Å². The average Bonchev–Trinajstić information content (AvgIpc) is 3.09. The lowest BCUT2D eigenvalue weighted by atomic mass is 9.95. The largest absolute Gasteiger partial charge is 0.349 e. The Hall–Kier alpha value is -2.14. The van der Waals surface area contributed by atoms with Gasteiger partial charge in [0.15, 0.2) is 0 Å². The summed E-state index contributed by atoms with van der Waals surface area (Å²) in [6, 6.07) is 11.3. The quantitative estimate of drug-likeness (QED) is 0.863. The van der Waals surface area contributed by atoms with Gasteiger partial charge in [-0.05, 0) is 36.4 Å². The molecule has 1 aromatic carbocycles. The molecule has 4 nitrogen and oxygen atoms in total. The maximum Gasteiger partial charge on any atom is 0.253 e. The molecule has 0 bridgehead atoms. The molecule has 0 aliphatic heterocycles. The average molecular weight is 342 g/mol. The molecule has 24 heavy (non-hydrogen) atoms. The van der Waals surface area contributed by atoms with Crippen LogP contribution in [0.1, 0.15) is 47.3 Å². The van der Waals surface area contributed by atoms with Crippen LogP contribution >= 0.6 is 11.3 Å². The van der Waals surface area contributed by atoms with Crippen LogP contribution in [-0.2, 0) is 11.2 Å². The van der Waals surface area contributed by atoms with E-state index in [9.17, 15) is 9.59 Å². The number of carbonyl (C=O) groups is 2. The third-order valence-electron chi connectivity index (χ3n) is 4.30. The van der Waals surface area contributed by atoms with Crippen LogP contribution in [0.3, 0.4) is 0 Å². The summed E-state index contributed by atoms with van der Waals surface area (Å²) < 4.78 is 0. The van der Waals surface area contributed by atoms with Crippen LogP contribution in [0, 0.1) is 0 Å². The third-order valence-corrected chi connectivity index (χ3v) is 5.18. The van der Waals surface area contributed by atoms with Gasteiger partial charge in [-0.3, -0.25) is 9.59 Å². The molecule has 2 aromatic rings. The highest BCUT2D eigenvalue weighted by Gasteiger charge is 2.19. The lowest BCUT2D eigenvalue weighted by molar-refractivity contribution is -0.115. The highest BCUT2D eigenvalue weighted by Crippen LogP contribution is 2.20. The Balaban J connectivity index is 1.65. The topological polar surface area (TPSA) is 58.2 Å². The van der Waals surface area contributed by atoms with Crippen molar-refractivity contribution in [2.24, 2.45) is 0 Å². The summed E-state index contributed by atoms with van der Waals surface area (Å²) in [5.74, 6) is -0.204. The first-order valence-electron chi connectivity index (χ1n) is 8.44. The number of hydrogen-bond donors (Lipinski definition) is 2. The minimum absolute atomic E-state index is 0.102. The maximum absolute atomic E-state index is 12.6. The lowest BCUT2D eigenvalue weighted by Gasteiger charge is -2.23. The Bertz CT molecular complexity index is 691. The number of para-hydroxylation sites is 1. The van der Waals surface area contributed by atoms with Crippen molar-refractivity contribution in [1.29, 1.82) is 0 Å². The van der Waals surface area contributed by atoms with Crippen molar-refractivity contribution in [1.82, 2.24) is 5.32 Å². The molecule has 1 fully saturated rings. The summed E-state index contributed by atoms with van der Waals surface area (Å²) >= 11 is 1.56. The summed E-state index contributed by atoms with van der Waals surface area (Å²) in [5, 5.41) is 7.93. The summed E-state index contributed by atoms with van der Waals surface area (Å²) in [7, 11) is 0. The fraction of sp³-hybridized carbons (Fsp3) is 0.368. The second-order valence-electron chi connectivity index (χ2n) is 6.16. The van der Waals surface area contributed by atoms with Gasteiger partial charge in [0, 0.05) is 10.9 Å². The molecule has 0 atom stereocenters. The number of benzene rings is 1. The van der Waals surface area contributed by atoms with Crippen LogP contribution in [-0.4, -0.2) is 17.9 Å². The van der Waals surface area contributed by atoms with Crippen LogP contribution < -0.4 is 10.6 Å². The van der Waals surface area contributed by atoms with Crippen LogP contribution in [0.2, 0.25) is 0 Å². The number of carbonyl (C=O) groups excluding carboxylic acids is 2. The zero-order valence-corrected chi connectivity index (χ0v) is 14.4. The Kier molecular flexibility index (Phi) is 5.64. The summed E-state index contributed by atoms with van der Waals surface area (Å²) in [6.45, 7) is 0. The van der Waals surface area contributed by atoms with Crippen LogP contribution in [0.4, 0.5) is 5.69 Å². The van der Waals surface area contributed by atoms with Gasteiger partial charge in [0.05, 0.1) is 17.7 Å². The lowest BCUT2D eigenvalue weighted by Crippen LogP contribution is -2.36.